The summed E-state index contributed by atoms with van der Waals surface area (Å²) in [4.78, 5) is 23.5. The Hall–Kier alpha value is -1.10. The molecule has 0 aromatic rings. The number of rotatable bonds is 3. The van der Waals surface area contributed by atoms with E-state index in [1.807, 2.05) is 25.9 Å². The maximum Gasteiger partial charge on any atom is 0.396 e. The Kier molecular flexibility index (Phi) is 5.06. The van der Waals surface area contributed by atoms with E-state index < -0.39 is 11.9 Å². The van der Waals surface area contributed by atoms with Crippen LogP contribution in [0.1, 0.15) is 6.92 Å². The van der Waals surface area contributed by atoms with Crippen LogP contribution in [0.25, 0.3) is 0 Å². The summed E-state index contributed by atoms with van der Waals surface area (Å²) in [6, 6.07) is 0.189. The number of hydrogen-bond donors (Lipinski definition) is 1. The van der Waals surface area contributed by atoms with Crippen molar-refractivity contribution in [2.45, 2.75) is 13.0 Å². The van der Waals surface area contributed by atoms with Crippen LogP contribution < -0.4 is 5.32 Å². The van der Waals surface area contributed by atoms with E-state index >= 15 is 0 Å². The van der Waals surface area contributed by atoms with Gasteiger partial charge in [0.15, 0.2) is 0 Å². The van der Waals surface area contributed by atoms with Crippen LogP contribution in [0.4, 0.5) is 0 Å². The Morgan fingerprint density at radius 2 is 2.00 bits per heavy atom. The lowest BCUT2D eigenvalue weighted by Crippen LogP contribution is -2.41. The van der Waals surface area contributed by atoms with E-state index in [4.69, 9.17) is 0 Å². The van der Waals surface area contributed by atoms with Gasteiger partial charge in [-0.2, -0.15) is 0 Å². The summed E-state index contributed by atoms with van der Waals surface area (Å²) in [7, 11) is 4.97. The van der Waals surface area contributed by atoms with E-state index in [1.54, 1.807) is 0 Å². The van der Waals surface area contributed by atoms with Crippen molar-refractivity contribution in [1.82, 2.24) is 10.2 Å². The Morgan fingerprint density at radius 1 is 1.46 bits per heavy atom. The number of carbonyl (C=O) groups excluding carboxylic acids is 2. The van der Waals surface area contributed by atoms with Crippen molar-refractivity contribution in [1.29, 1.82) is 0 Å². The van der Waals surface area contributed by atoms with Gasteiger partial charge in [0.1, 0.15) is 0 Å². The van der Waals surface area contributed by atoms with Crippen LogP contribution in [0.15, 0.2) is 0 Å². The van der Waals surface area contributed by atoms with E-state index in [2.05, 4.69) is 10.1 Å². The number of ether oxygens (including phenoxy) is 1. The van der Waals surface area contributed by atoms with E-state index in [0.29, 0.717) is 6.54 Å². The summed E-state index contributed by atoms with van der Waals surface area (Å²) in [6.07, 6.45) is 0. The highest BCUT2D eigenvalue weighted by atomic mass is 16.5. The first kappa shape index (κ1) is 11.9. The first-order valence-corrected chi connectivity index (χ1v) is 4.01. The number of methoxy groups -OCH3 is 1. The van der Waals surface area contributed by atoms with E-state index in [9.17, 15) is 9.59 Å². The third-order valence-corrected chi connectivity index (χ3v) is 1.81. The van der Waals surface area contributed by atoms with E-state index in [1.165, 1.54) is 7.11 Å². The molecule has 0 rings (SSSR count). The molecule has 1 unspecified atom stereocenters. The maximum atomic E-state index is 10.9. The van der Waals surface area contributed by atoms with Crippen LogP contribution in [0.5, 0.6) is 0 Å². The maximum absolute atomic E-state index is 10.9. The van der Waals surface area contributed by atoms with Gasteiger partial charge in [-0.15, -0.1) is 0 Å². The third-order valence-electron chi connectivity index (χ3n) is 1.81. The standard InChI is InChI=1S/C8H16N2O3/c1-6(10(2)3)5-9-7(11)8(12)13-4/h6H,5H2,1-4H3,(H,9,11). The Bertz CT molecular complexity index is 192. The zero-order valence-electron chi connectivity index (χ0n) is 8.46. The molecular formula is C8H16N2O3. The van der Waals surface area contributed by atoms with E-state index in [0.717, 1.165) is 0 Å². The number of hydrogen-bond acceptors (Lipinski definition) is 4. The highest BCUT2D eigenvalue weighted by Gasteiger charge is 2.14. The predicted molar refractivity (Wildman–Crippen MR) is 48.2 cm³/mol. The Labute approximate surface area is 78.0 Å². The van der Waals surface area contributed by atoms with Crippen molar-refractivity contribution >= 4 is 11.9 Å². The van der Waals surface area contributed by atoms with Gasteiger partial charge in [0.2, 0.25) is 0 Å². The summed E-state index contributed by atoms with van der Waals surface area (Å²) >= 11 is 0. The van der Waals surface area contributed by atoms with Gasteiger partial charge < -0.3 is 15.0 Å². The monoisotopic (exact) mass is 188 g/mol. The van der Waals surface area contributed by atoms with Gasteiger partial charge in [0, 0.05) is 12.6 Å². The molecule has 1 N–H and O–H groups in total. The molecule has 0 heterocycles. The van der Waals surface area contributed by atoms with Gasteiger partial charge in [-0.25, -0.2) is 4.79 Å². The quantitative estimate of drug-likeness (QED) is 0.466. The summed E-state index contributed by atoms with van der Waals surface area (Å²) in [6.45, 7) is 2.37. The normalized spacial score (nSPS) is 12.4. The summed E-state index contributed by atoms with van der Waals surface area (Å²) in [5, 5.41) is 2.46. The largest absolute Gasteiger partial charge is 0.462 e. The minimum absolute atomic E-state index is 0.189. The van der Waals surface area contributed by atoms with Crippen LogP contribution in [0, 0.1) is 0 Å². The lowest BCUT2D eigenvalue weighted by molar-refractivity contribution is -0.152. The Morgan fingerprint density at radius 3 is 2.38 bits per heavy atom. The first-order valence-electron chi connectivity index (χ1n) is 4.01. The van der Waals surface area contributed by atoms with Crippen LogP contribution in [-0.4, -0.2) is 50.6 Å². The first-order chi connectivity index (χ1) is 5.99. The molecular weight excluding hydrogens is 172 g/mol. The Balaban J connectivity index is 3.76. The van der Waals surface area contributed by atoms with Crippen LogP contribution >= 0.6 is 0 Å². The summed E-state index contributed by atoms with van der Waals surface area (Å²) in [5.41, 5.74) is 0. The molecule has 5 nitrogen and oxygen atoms in total. The predicted octanol–water partition coefficient (Wildman–Crippen LogP) is -0.774. The number of nitrogens with one attached hydrogen (secondary N) is 1. The second kappa shape index (κ2) is 5.53. The van der Waals surface area contributed by atoms with Crippen LogP contribution in [0.2, 0.25) is 0 Å². The number of amides is 1. The van der Waals surface area contributed by atoms with Crippen LogP contribution in [0.3, 0.4) is 0 Å². The smallest absolute Gasteiger partial charge is 0.396 e. The molecule has 0 saturated carbocycles. The highest BCUT2D eigenvalue weighted by Crippen LogP contribution is 1.88. The third kappa shape index (κ3) is 4.47. The fourth-order valence-electron chi connectivity index (χ4n) is 0.588. The molecule has 0 bridgehead atoms. The van der Waals surface area contributed by atoms with Crippen molar-refractivity contribution in [2.75, 3.05) is 27.7 Å². The van der Waals surface area contributed by atoms with Crippen molar-refractivity contribution < 1.29 is 14.3 Å². The lowest BCUT2D eigenvalue weighted by atomic mass is 10.3. The molecule has 0 aliphatic heterocycles. The highest BCUT2D eigenvalue weighted by molar-refractivity contribution is 6.32. The van der Waals surface area contributed by atoms with Gasteiger partial charge in [-0.05, 0) is 21.0 Å². The molecule has 0 aliphatic carbocycles. The van der Waals surface area contributed by atoms with Gasteiger partial charge >= 0.3 is 11.9 Å². The molecule has 0 radical (unpaired) electrons. The molecule has 13 heavy (non-hydrogen) atoms. The van der Waals surface area contributed by atoms with E-state index in [-0.39, 0.29) is 6.04 Å². The molecule has 5 heteroatoms. The number of likely N-dealkylation sites (N-methyl/N-ethyl adjacent to an activating group) is 1. The van der Waals surface area contributed by atoms with Crippen molar-refractivity contribution in [3.05, 3.63) is 0 Å². The van der Waals surface area contributed by atoms with Crippen molar-refractivity contribution in [3.63, 3.8) is 0 Å². The molecule has 0 aromatic heterocycles. The molecule has 1 atom stereocenters. The van der Waals surface area contributed by atoms with Gasteiger partial charge in [0.05, 0.1) is 7.11 Å². The number of carbonyl (C=O) groups is 2. The number of esters is 1. The van der Waals surface area contributed by atoms with Gasteiger partial charge in [0.25, 0.3) is 0 Å². The molecule has 0 saturated heterocycles. The molecule has 0 aliphatic rings. The van der Waals surface area contributed by atoms with Crippen LogP contribution in [-0.2, 0) is 14.3 Å². The fourth-order valence-corrected chi connectivity index (χ4v) is 0.588. The molecule has 0 spiro atoms. The second-order valence-corrected chi connectivity index (χ2v) is 3.01. The average molecular weight is 188 g/mol. The average Bonchev–Trinajstić information content (AvgIpc) is 2.11. The second-order valence-electron chi connectivity index (χ2n) is 3.01. The number of nitrogens with zero attached hydrogens (tertiary/aromatic N) is 1. The van der Waals surface area contributed by atoms with Crippen molar-refractivity contribution in [2.24, 2.45) is 0 Å². The van der Waals surface area contributed by atoms with Gasteiger partial charge in [-0.1, -0.05) is 0 Å². The molecule has 0 fully saturated rings. The summed E-state index contributed by atoms with van der Waals surface area (Å²) in [5.74, 6) is -1.55. The van der Waals surface area contributed by atoms with Gasteiger partial charge in [-0.3, -0.25) is 4.79 Å². The molecule has 76 valence electrons. The zero-order chi connectivity index (χ0) is 10.4. The minimum Gasteiger partial charge on any atom is -0.462 e. The zero-order valence-corrected chi connectivity index (χ0v) is 8.46. The SMILES string of the molecule is COC(=O)C(=O)NCC(C)N(C)C. The summed E-state index contributed by atoms with van der Waals surface area (Å²) < 4.78 is 4.24. The lowest BCUT2D eigenvalue weighted by Gasteiger charge is -2.19. The fraction of sp³-hybridized carbons (Fsp3) is 0.750. The van der Waals surface area contributed by atoms with Crippen molar-refractivity contribution in [3.8, 4) is 0 Å². The topological polar surface area (TPSA) is 58.6 Å². The molecule has 1 amide bonds. The minimum atomic E-state index is -0.856. The molecule has 0 aromatic carbocycles.